The van der Waals surface area contributed by atoms with Gasteiger partial charge in [0.15, 0.2) is 0 Å². The highest BCUT2D eigenvalue weighted by Gasteiger charge is 2.21. The Morgan fingerprint density at radius 2 is 2.40 bits per heavy atom. The van der Waals surface area contributed by atoms with E-state index in [4.69, 9.17) is 4.74 Å². The second kappa shape index (κ2) is 5.78. The molecule has 1 N–H and O–H groups in total. The molecule has 1 unspecified atom stereocenters. The van der Waals surface area contributed by atoms with Crippen LogP contribution in [-0.4, -0.2) is 33.2 Å². The van der Waals surface area contributed by atoms with Crippen LogP contribution in [0.1, 0.15) is 24.6 Å². The maximum absolute atomic E-state index is 5.17. The Hall–Kier alpha value is -1.63. The van der Waals surface area contributed by atoms with Crippen LogP contribution in [0.2, 0.25) is 0 Å². The zero-order chi connectivity index (χ0) is 13.9. The molecule has 1 aliphatic rings. The molecular weight excluding hydrogens is 322 g/mol. The van der Waals surface area contributed by atoms with Gasteiger partial charge in [0.25, 0.3) is 0 Å². The first kappa shape index (κ1) is 13.4. The predicted molar refractivity (Wildman–Crippen MR) is 79.0 cm³/mol. The van der Waals surface area contributed by atoms with Crippen molar-refractivity contribution in [3.8, 4) is 5.88 Å². The van der Waals surface area contributed by atoms with Gasteiger partial charge in [-0.25, -0.2) is 9.97 Å². The number of hydrogen-bond acceptors (Lipinski definition) is 5. The molecule has 0 saturated carbocycles. The number of imidazole rings is 1. The van der Waals surface area contributed by atoms with Crippen molar-refractivity contribution in [1.82, 2.24) is 19.5 Å². The standard InChI is InChI=1S/C13H16BrN5O/c1-20-12-10(14)8-17-13(18-12)16-7-9-3-2-5-19-6-4-15-11(9)19/h4,6,8-9H,2-3,5,7H2,1H3,(H,16,17,18). The highest BCUT2D eigenvalue weighted by atomic mass is 79.9. The molecule has 0 bridgehead atoms. The summed E-state index contributed by atoms with van der Waals surface area (Å²) in [5.74, 6) is 2.66. The van der Waals surface area contributed by atoms with Gasteiger partial charge in [0, 0.05) is 31.4 Å². The molecule has 0 radical (unpaired) electrons. The molecule has 0 aromatic carbocycles. The van der Waals surface area contributed by atoms with Crippen molar-refractivity contribution in [3.63, 3.8) is 0 Å². The maximum Gasteiger partial charge on any atom is 0.232 e. The van der Waals surface area contributed by atoms with Crippen LogP contribution in [0.4, 0.5) is 5.95 Å². The molecular formula is C13H16BrN5O. The van der Waals surface area contributed by atoms with E-state index in [0.29, 0.717) is 17.7 Å². The fourth-order valence-corrected chi connectivity index (χ4v) is 2.85. The number of rotatable bonds is 4. The van der Waals surface area contributed by atoms with E-state index in [1.807, 2.05) is 12.4 Å². The molecule has 1 atom stereocenters. The second-order valence-electron chi connectivity index (χ2n) is 4.75. The van der Waals surface area contributed by atoms with Crippen molar-refractivity contribution < 1.29 is 4.74 Å². The third-order valence-corrected chi connectivity index (χ3v) is 4.02. The summed E-state index contributed by atoms with van der Waals surface area (Å²) in [4.78, 5) is 13.0. The van der Waals surface area contributed by atoms with Crippen molar-refractivity contribution in [1.29, 1.82) is 0 Å². The van der Waals surface area contributed by atoms with Crippen LogP contribution in [0.25, 0.3) is 0 Å². The lowest BCUT2D eigenvalue weighted by Gasteiger charge is -2.23. The Labute approximate surface area is 125 Å². The Balaban J connectivity index is 1.69. The summed E-state index contributed by atoms with van der Waals surface area (Å²) in [5, 5.41) is 3.27. The van der Waals surface area contributed by atoms with Gasteiger partial charge in [-0.05, 0) is 28.8 Å². The van der Waals surface area contributed by atoms with Gasteiger partial charge in [0.2, 0.25) is 11.8 Å². The Morgan fingerprint density at radius 1 is 1.50 bits per heavy atom. The van der Waals surface area contributed by atoms with Gasteiger partial charge in [0.1, 0.15) is 5.82 Å². The number of hydrogen-bond donors (Lipinski definition) is 1. The number of nitrogens with zero attached hydrogens (tertiary/aromatic N) is 4. The highest BCUT2D eigenvalue weighted by Crippen LogP contribution is 2.26. The van der Waals surface area contributed by atoms with Crippen molar-refractivity contribution in [2.75, 3.05) is 19.0 Å². The Kier molecular flexibility index (Phi) is 3.86. The number of nitrogens with one attached hydrogen (secondary N) is 1. The Bertz CT molecular complexity index is 600. The van der Waals surface area contributed by atoms with Crippen LogP contribution >= 0.6 is 15.9 Å². The Morgan fingerprint density at radius 3 is 3.25 bits per heavy atom. The molecule has 2 aromatic rings. The lowest BCUT2D eigenvalue weighted by Crippen LogP contribution is -2.22. The number of aryl methyl sites for hydroxylation is 1. The topological polar surface area (TPSA) is 64.9 Å². The predicted octanol–water partition coefficient (Wildman–Crippen LogP) is 2.43. The quantitative estimate of drug-likeness (QED) is 0.928. The van der Waals surface area contributed by atoms with Crippen LogP contribution in [0, 0.1) is 0 Å². The number of halogens is 1. The van der Waals surface area contributed by atoms with Crippen LogP contribution in [0.15, 0.2) is 23.1 Å². The fraction of sp³-hybridized carbons (Fsp3) is 0.462. The first-order valence-corrected chi connectivity index (χ1v) is 7.38. The van der Waals surface area contributed by atoms with Crippen molar-refractivity contribution in [2.45, 2.75) is 25.3 Å². The maximum atomic E-state index is 5.17. The lowest BCUT2D eigenvalue weighted by atomic mass is 9.99. The normalized spacial score (nSPS) is 17.6. The van der Waals surface area contributed by atoms with E-state index in [1.54, 1.807) is 13.3 Å². The molecule has 1 aliphatic heterocycles. The molecule has 0 spiro atoms. The van der Waals surface area contributed by atoms with Crippen LogP contribution in [0.3, 0.4) is 0 Å². The van der Waals surface area contributed by atoms with E-state index in [0.717, 1.165) is 29.8 Å². The van der Waals surface area contributed by atoms with E-state index in [1.165, 1.54) is 6.42 Å². The summed E-state index contributed by atoms with van der Waals surface area (Å²) in [6.07, 6.45) is 7.92. The summed E-state index contributed by atoms with van der Waals surface area (Å²) >= 11 is 3.34. The molecule has 0 saturated heterocycles. The summed E-state index contributed by atoms with van der Waals surface area (Å²) in [6, 6.07) is 0. The smallest absolute Gasteiger partial charge is 0.232 e. The summed E-state index contributed by atoms with van der Waals surface area (Å²) < 4.78 is 8.14. The molecule has 0 amide bonds. The van der Waals surface area contributed by atoms with Gasteiger partial charge < -0.3 is 14.6 Å². The largest absolute Gasteiger partial charge is 0.480 e. The summed E-state index contributed by atoms with van der Waals surface area (Å²) in [7, 11) is 1.59. The highest BCUT2D eigenvalue weighted by molar-refractivity contribution is 9.10. The number of methoxy groups -OCH3 is 1. The molecule has 20 heavy (non-hydrogen) atoms. The van der Waals surface area contributed by atoms with Crippen molar-refractivity contribution in [2.24, 2.45) is 0 Å². The van der Waals surface area contributed by atoms with E-state index < -0.39 is 0 Å². The molecule has 0 aliphatic carbocycles. The summed E-state index contributed by atoms with van der Waals surface area (Å²) in [6.45, 7) is 1.84. The first-order valence-electron chi connectivity index (χ1n) is 6.59. The van der Waals surface area contributed by atoms with Gasteiger partial charge in [-0.3, -0.25) is 0 Å². The molecule has 3 rings (SSSR count). The average Bonchev–Trinajstić information content (AvgIpc) is 2.95. The van der Waals surface area contributed by atoms with Crippen molar-refractivity contribution >= 4 is 21.9 Å². The lowest BCUT2D eigenvalue weighted by molar-refractivity contribution is 0.394. The third kappa shape index (κ3) is 2.63. The minimum Gasteiger partial charge on any atom is -0.480 e. The molecule has 6 nitrogen and oxygen atoms in total. The number of aromatic nitrogens is 4. The van der Waals surface area contributed by atoms with Crippen LogP contribution in [0.5, 0.6) is 5.88 Å². The summed E-state index contributed by atoms with van der Waals surface area (Å²) in [5.41, 5.74) is 0. The number of ether oxygens (including phenoxy) is 1. The SMILES string of the molecule is COc1nc(NCC2CCCn3ccnc32)ncc1Br. The average molecular weight is 338 g/mol. The van der Waals surface area contributed by atoms with Gasteiger partial charge in [-0.15, -0.1) is 0 Å². The molecule has 106 valence electrons. The number of anilines is 1. The fourth-order valence-electron chi connectivity index (χ4n) is 2.49. The van der Waals surface area contributed by atoms with E-state index in [9.17, 15) is 0 Å². The molecule has 7 heteroatoms. The van der Waals surface area contributed by atoms with Crippen molar-refractivity contribution in [3.05, 3.63) is 28.9 Å². The van der Waals surface area contributed by atoms with Gasteiger partial charge in [0.05, 0.1) is 17.8 Å². The second-order valence-corrected chi connectivity index (χ2v) is 5.60. The number of fused-ring (bicyclic) bond motifs is 1. The van der Waals surface area contributed by atoms with Gasteiger partial charge >= 0.3 is 0 Å². The van der Waals surface area contributed by atoms with Crippen LogP contribution in [-0.2, 0) is 6.54 Å². The minimum absolute atomic E-state index is 0.400. The van der Waals surface area contributed by atoms with E-state index >= 15 is 0 Å². The van der Waals surface area contributed by atoms with E-state index in [2.05, 4.69) is 40.8 Å². The zero-order valence-electron chi connectivity index (χ0n) is 11.2. The molecule has 2 aromatic heterocycles. The minimum atomic E-state index is 0.400. The van der Waals surface area contributed by atoms with Gasteiger partial charge in [-0.1, -0.05) is 0 Å². The molecule has 3 heterocycles. The van der Waals surface area contributed by atoms with Gasteiger partial charge in [-0.2, -0.15) is 4.98 Å². The third-order valence-electron chi connectivity index (χ3n) is 3.48. The molecule has 0 fully saturated rings. The van der Waals surface area contributed by atoms with E-state index in [-0.39, 0.29) is 0 Å². The first-order chi connectivity index (χ1) is 9.78. The van der Waals surface area contributed by atoms with Crippen LogP contribution < -0.4 is 10.1 Å². The zero-order valence-corrected chi connectivity index (χ0v) is 12.8. The monoisotopic (exact) mass is 337 g/mol.